The molecule has 3 rings (SSSR count). The number of nitrogens with zero attached hydrogens (tertiary/aromatic N) is 2. The highest BCUT2D eigenvalue weighted by molar-refractivity contribution is 5.83. The van der Waals surface area contributed by atoms with Crippen LogP contribution in [0.1, 0.15) is 23.0 Å². The molecule has 0 aliphatic carbocycles. The molecule has 6 heteroatoms. The molecule has 1 unspecified atom stereocenters. The predicted octanol–water partition coefficient (Wildman–Crippen LogP) is 1.82. The van der Waals surface area contributed by atoms with Gasteiger partial charge in [0.1, 0.15) is 11.8 Å². The fourth-order valence-electron chi connectivity index (χ4n) is 3.03. The summed E-state index contributed by atoms with van der Waals surface area (Å²) in [5, 5.41) is 3.28. The van der Waals surface area contributed by atoms with Gasteiger partial charge in [0.15, 0.2) is 0 Å². The second kappa shape index (κ2) is 7.31. The topological polar surface area (TPSA) is 70.2 Å². The second-order valence-corrected chi connectivity index (χ2v) is 5.72. The van der Waals surface area contributed by atoms with Crippen molar-refractivity contribution in [3.8, 4) is 5.75 Å². The van der Waals surface area contributed by atoms with Crippen LogP contribution in [0.5, 0.6) is 5.75 Å². The molecule has 1 aromatic heterocycles. The van der Waals surface area contributed by atoms with Crippen LogP contribution in [0, 0.1) is 0 Å². The van der Waals surface area contributed by atoms with Crippen LogP contribution >= 0.6 is 0 Å². The van der Waals surface area contributed by atoms with Crippen LogP contribution in [-0.4, -0.2) is 41.0 Å². The Labute approximate surface area is 141 Å². The number of hydrogen-bond donors (Lipinski definition) is 2. The van der Waals surface area contributed by atoms with E-state index in [4.69, 9.17) is 4.74 Å². The van der Waals surface area contributed by atoms with Gasteiger partial charge in [0.05, 0.1) is 19.1 Å². The summed E-state index contributed by atoms with van der Waals surface area (Å²) in [5.74, 6) is 0.769. The number of hydrogen-bond acceptors (Lipinski definition) is 4. The van der Waals surface area contributed by atoms with E-state index in [1.165, 1.54) is 0 Å². The Morgan fingerprint density at radius 2 is 2.33 bits per heavy atom. The van der Waals surface area contributed by atoms with E-state index in [2.05, 4.69) is 21.9 Å². The quantitative estimate of drug-likeness (QED) is 0.795. The fourth-order valence-corrected chi connectivity index (χ4v) is 3.03. The number of amides is 1. The number of para-hydroxylation sites is 1. The molecule has 0 bridgehead atoms. The first-order chi connectivity index (χ1) is 11.7. The van der Waals surface area contributed by atoms with Gasteiger partial charge in [-0.15, -0.1) is 6.58 Å². The lowest BCUT2D eigenvalue weighted by atomic mass is 10.0. The zero-order valence-electron chi connectivity index (χ0n) is 13.8. The maximum absolute atomic E-state index is 13.1. The number of H-pyrrole nitrogens is 1. The summed E-state index contributed by atoms with van der Waals surface area (Å²) in [7, 11) is 1.64. The number of benzene rings is 1. The Hall–Kier alpha value is -2.60. The number of aromatic nitrogens is 2. The van der Waals surface area contributed by atoms with E-state index in [1.807, 2.05) is 24.3 Å². The summed E-state index contributed by atoms with van der Waals surface area (Å²) >= 11 is 0. The lowest BCUT2D eigenvalue weighted by Crippen LogP contribution is -2.43. The maximum atomic E-state index is 13.1. The summed E-state index contributed by atoms with van der Waals surface area (Å²) < 4.78 is 5.40. The Bertz CT molecular complexity index is 725. The number of rotatable bonds is 6. The number of carbonyl (C=O) groups excluding carboxylic acids is 1. The van der Waals surface area contributed by atoms with Crippen LogP contribution in [0.25, 0.3) is 0 Å². The molecule has 2 heterocycles. The first-order valence-corrected chi connectivity index (χ1v) is 8.01. The SMILES string of the molecule is C=CCN(Cc1ccccc1OC)C(=O)C1NCCc2[nH]cnc21. The zero-order chi connectivity index (χ0) is 16.9. The average Bonchev–Trinajstić information content (AvgIpc) is 3.10. The van der Waals surface area contributed by atoms with Crippen molar-refractivity contribution < 1.29 is 9.53 Å². The third kappa shape index (κ3) is 3.19. The van der Waals surface area contributed by atoms with Gasteiger partial charge in [0, 0.05) is 37.3 Å². The summed E-state index contributed by atoms with van der Waals surface area (Å²) in [6.45, 7) is 5.46. The van der Waals surface area contributed by atoms with Crippen LogP contribution in [0.15, 0.2) is 43.2 Å². The number of imidazole rings is 1. The first kappa shape index (κ1) is 16.3. The van der Waals surface area contributed by atoms with Crippen molar-refractivity contribution in [2.75, 3.05) is 20.2 Å². The lowest BCUT2D eigenvalue weighted by Gasteiger charge is -2.29. The molecule has 0 radical (unpaired) electrons. The van der Waals surface area contributed by atoms with Crippen molar-refractivity contribution in [2.24, 2.45) is 0 Å². The maximum Gasteiger partial charge on any atom is 0.246 e. The summed E-state index contributed by atoms with van der Waals surface area (Å²) in [4.78, 5) is 22.3. The number of aromatic amines is 1. The van der Waals surface area contributed by atoms with E-state index in [1.54, 1.807) is 24.4 Å². The van der Waals surface area contributed by atoms with Crippen molar-refractivity contribution in [1.82, 2.24) is 20.2 Å². The molecule has 2 aromatic rings. The number of nitrogens with one attached hydrogen (secondary N) is 2. The summed E-state index contributed by atoms with van der Waals surface area (Å²) in [6.07, 6.45) is 4.24. The van der Waals surface area contributed by atoms with Crippen LogP contribution in [0.4, 0.5) is 0 Å². The molecule has 1 aliphatic rings. The molecule has 1 amide bonds. The third-order valence-corrected chi connectivity index (χ3v) is 4.21. The van der Waals surface area contributed by atoms with Crippen molar-refractivity contribution in [3.05, 3.63) is 60.2 Å². The monoisotopic (exact) mass is 326 g/mol. The number of methoxy groups -OCH3 is 1. The second-order valence-electron chi connectivity index (χ2n) is 5.72. The predicted molar refractivity (Wildman–Crippen MR) is 91.6 cm³/mol. The number of carbonyl (C=O) groups is 1. The van der Waals surface area contributed by atoms with Crippen LogP contribution in [0.3, 0.4) is 0 Å². The molecule has 0 saturated carbocycles. The van der Waals surface area contributed by atoms with Gasteiger partial charge in [0.2, 0.25) is 5.91 Å². The highest BCUT2D eigenvalue weighted by Crippen LogP contribution is 2.24. The fraction of sp³-hybridized carbons (Fsp3) is 0.333. The van der Waals surface area contributed by atoms with Crippen molar-refractivity contribution in [1.29, 1.82) is 0 Å². The van der Waals surface area contributed by atoms with Gasteiger partial charge in [-0.1, -0.05) is 24.3 Å². The molecular weight excluding hydrogens is 304 g/mol. The van der Waals surface area contributed by atoms with Gasteiger partial charge < -0.3 is 19.9 Å². The molecule has 0 spiro atoms. The molecule has 0 fully saturated rings. The molecule has 2 N–H and O–H groups in total. The Morgan fingerprint density at radius 1 is 1.50 bits per heavy atom. The molecule has 0 saturated heterocycles. The van der Waals surface area contributed by atoms with Gasteiger partial charge in [-0.2, -0.15) is 0 Å². The lowest BCUT2D eigenvalue weighted by molar-refractivity contribution is -0.134. The minimum atomic E-state index is -0.422. The normalized spacial score (nSPS) is 16.3. The molecule has 126 valence electrons. The molecule has 1 atom stereocenters. The highest BCUT2D eigenvalue weighted by Gasteiger charge is 2.31. The Kier molecular flexibility index (Phi) is 4.96. The summed E-state index contributed by atoms with van der Waals surface area (Å²) in [6, 6.07) is 7.31. The Balaban J connectivity index is 1.83. The van der Waals surface area contributed by atoms with Crippen molar-refractivity contribution >= 4 is 5.91 Å². The summed E-state index contributed by atoms with van der Waals surface area (Å²) in [5.41, 5.74) is 2.79. The molecule has 24 heavy (non-hydrogen) atoms. The van der Waals surface area contributed by atoms with Crippen LogP contribution < -0.4 is 10.1 Å². The molecular formula is C18H22N4O2. The minimum Gasteiger partial charge on any atom is -0.496 e. The van der Waals surface area contributed by atoms with Gasteiger partial charge >= 0.3 is 0 Å². The van der Waals surface area contributed by atoms with Crippen LogP contribution in [-0.2, 0) is 17.8 Å². The first-order valence-electron chi connectivity index (χ1n) is 8.01. The largest absolute Gasteiger partial charge is 0.496 e. The molecule has 6 nitrogen and oxygen atoms in total. The van der Waals surface area contributed by atoms with E-state index in [9.17, 15) is 4.79 Å². The van der Waals surface area contributed by atoms with Gasteiger partial charge in [0.25, 0.3) is 0 Å². The van der Waals surface area contributed by atoms with Crippen molar-refractivity contribution in [3.63, 3.8) is 0 Å². The van der Waals surface area contributed by atoms with E-state index in [-0.39, 0.29) is 5.91 Å². The number of fused-ring (bicyclic) bond motifs is 1. The van der Waals surface area contributed by atoms with Crippen molar-refractivity contribution in [2.45, 2.75) is 19.0 Å². The van der Waals surface area contributed by atoms with Crippen LogP contribution in [0.2, 0.25) is 0 Å². The Morgan fingerprint density at radius 3 is 3.12 bits per heavy atom. The van der Waals surface area contributed by atoms with E-state index >= 15 is 0 Å². The van der Waals surface area contributed by atoms with Gasteiger partial charge in [-0.05, 0) is 6.07 Å². The van der Waals surface area contributed by atoms with E-state index < -0.39 is 6.04 Å². The molecule has 1 aromatic carbocycles. The van der Waals surface area contributed by atoms with Gasteiger partial charge in [-0.3, -0.25) is 4.79 Å². The average molecular weight is 326 g/mol. The van der Waals surface area contributed by atoms with E-state index in [0.29, 0.717) is 13.1 Å². The van der Waals surface area contributed by atoms with E-state index in [0.717, 1.165) is 35.7 Å². The highest BCUT2D eigenvalue weighted by atomic mass is 16.5. The molecule has 1 aliphatic heterocycles. The standard InChI is InChI=1S/C18H22N4O2/c1-3-10-22(11-13-6-4-5-7-15(13)24-2)18(23)17-16-14(8-9-19-17)20-12-21-16/h3-7,12,17,19H,1,8-11H2,2H3,(H,20,21). The zero-order valence-corrected chi connectivity index (χ0v) is 13.8. The smallest absolute Gasteiger partial charge is 0.246 e. The van der Waals surface area contributed by atoms with Gasteiger partial charge in [-0.25, -0.2) is 4.98 Å². The minimum absolute atomic E-state index is 0.00569. The third-order valence-electron chi connectivity index (χ3n) is 4.21. The number of ether oxygens (including phenoxy) is 1.